The largest absolute Gasteiger partial charge is 0.433 e. The summed E-state index contributed by atoms with van der Waals surface area (Å²) in [5.41, 5.74) is 1.13. The predicted octanol–water partition coefficient (Wildman–Crippen LogP) is 5.12. The third kappa shape index (κ3) is 3.45. The first-order valence-corrected chi connectivity index (χ1v) is 13.0. The molecule has 0 fully saturated rings. The summed E-state index contributed by atoms with van der Waals surface area (Å²) in [4.78, 5) is 8.48. The molecule has 0 atom stereocenters. The third-order valence-corrected chi connectivity index (χ3v) is 9.72. The zero-order valence-electron chi connectivity index (χ0n) is 17.5. The average molecular weight is 512 g/mol. The van der Waals surface area contributed by atoms with Crippen molar-refractivity contribution < 1.29 is 21.6 Å². The Kier molecular flexibility index (Phi) is 4.92. The number of rotatable bonds is 4. The van der Waals surface area contributed by atoms with E-state index in [-0.39, 0.29) is 22.0 Å². The van der Waals surface area contributed by atoms with Crippen molar-refractivity contribution in [3.8, 4) is 21.8 Å². The molecule has 0 amide bonds. The highest BCUT2D eigenvalue weighted by atomic mass is 32.2. The number of thiophene rings is 2. The van der Waals surface area contributed by atoms with Crippen molar-refractivity contribution in [2.24, 2.45) is 14.1 Å². The number of nitrogens with zero attached hydrogens (tertiary/aromatic N) is 5. The van der Waals surface area contributed by atoms with Gasteiger partial charge in [0.1, 0.15) is 10.6 Å². The van der Waals surface area contributed by atoms with E-state index in [4.69, 9.17) is 0 Å². The summed E-state index contributed by atoms with van der Waals surface area (Å²) in [5, 5.41) is 6.09. The van der Waals surface area contributed by atoms with Gasteiger partial charge in [-0.1, -0.05) is 6.92 Å². The minimum Gasteiger partial charge on any atom is -0.325 e. The fraction of sp³-hybridized carbons (Fsp3) is 0.250. The molecule has 5 rings (SSSR count). The normalized spacial score (nSPS) is 12.9. The van der Waals surface area contributed by atoms with Crippen molar-refractivity contribution in [2.45, 2.75) is 18.0 Å². The molecule has 5 aromatic rings. The number of halogens is 3. The van der Waals surface area contributed by atoms with Gasteiger partial charge in [0.2, 0.25) is 0 Å². The Balaban J connectivity index is 1.80. The number of hydrogen-bond acceptors (Lipinski definition) is 7. The third-order valence-electron chi connectivity index (χ3n) is 5.33. The summed E-state index contributed by atoms with van der Waals surface area (Å²) in [6.07, 6.45) is 0.0506. The van der Waals surface area contributed by atoms with E-state index in [0.29, 0.717) is 15.1 Å². The molecule has 0 radical (unpaired) electrons. The van der Waals surface area contributed by atoms with E-state index < -0.39 is 21.7 Å². The molecule has 0 unspecified atom stereocenters. The van der Waals surface area contributed by atoms with E-state index in [9.17, 15) is 21.6 Å². The van der Waals surface area contributed by atoms with E-state index in [1.165, 1.54) is 22.7 Å². The van der Waals surface area contributed by atoms with E-state index in [0.717, 1.165) is 28.1 Å². The second-order valence-corrected chi connectivity index (χ2v) is 11.5. The smallest absolute Gasteiger partial charge is 0.325 e. The number of sulfone groups is 1. The molecule has 0 aliphatic carbocycles. The number of imidazole rings is 1. The molecule has 0 N–H and O–H groups in total. The fourth-order valence-electron chi connectivity index (χ4n) is 3.64. The van der Waals surface area contributed by atoms with Crippen molar-refractivity contribution in [1.82, 2.24) is 24.3 Å². The second kappa shape index (κ2) is 7.37. The van der Waals surface area contributed by atoms with Gasteiger partial charge in [-0.15, -0.1) is 22.7 Å². The first kappa shape index (κ1) is 22.0. The number of aryl methyl sites for hydroxylation is 2. The molecule has 0 bridgehead atoms. The van der Waals surface area contributed by atoms with Crippen LogP contribution < -0.4 is 0 Å². The number of alkyl halides is 3. The van der Waals surface area contributed by atoms with Crippen molar-refractivity contribution in [3.63, 3.8) is 0 Å². The number of fused-ring (bicyclic) bond motifs is 2. The molecule has 0 aliphatic heterocycles. The van der Waals surface area contributed by atoms with Crippen LogP contribution in [0.15, 0.2) is 34.9 Å². The Morgan fingerprint density at radius 3 is 2.55 bits per heavy atom. The van der Waals surface area contributed by atoms with Gasteiger partial charge in [-0.3, -0.25) is 4.68 Å². The van der Waals surface area contributed by atoms with E-state index in [1.54, 1.807) is 36.5 Å². The van der Waals surface area contributed by atoms with Crippen molar-refractivity contribution in [2.75, 3.05) is 5.75 Å². The SMILES string of the molecule is CCS(=O)(=O)c1c(-c2nc3cc(C(F)(F)F)ncc3n2C)sc2c(-c3cnn(C)c3)csc12. The van der Waals surface area contributed by atoms with Crippen LogP contribution in [0.4, 0.5) is 13.2 Å². The second-order valence-electron chi connectivity index (χ2n) is 7.42. The van der Waals surface area contributed by atoms with E-state index in [1.807, 2.05) is 11.6 Å². The van der Waals surface area contributed by atoms with E-state index >= 15 is 0 Å². The topological polar surface area (TPSA) is 82.7 Å². The van der Waals surface area contributed by atoms with Gasteiger partial charge in [0, 0.05) is 36.8 Å². The van der Waals surface area contributed by atoms with Crippen molar-refractivity contribution in [1.29, 1.82) is 0 Å². The highest BCUT2D eigenvalue weighted by molar-refractivity contribution is 7.92. The van der Waals surface area contributed by atoms with Crippen LogP contribution in [0.2, 0.25) is 0 Å². The Bertz CT molecular complexity index is 1640. The van der Waals surface area contributed by atoms with Crippen molar-refractivity contribution >= 4 is 52.9 Å². The maximum absolute atomic E-state index is 13.1. The van der Waals surface area contributed by atoms with Gasteiger partial charge in [-0.2, -0.15) is 18.3 Å². The number of hydrogen-bond donors (Lipinski definition) is 0. The summed E-state index contributed by atoms with van der Waals surface area (Å²) >= 11 is 2.58. The lowest BCUT2D eigenvalue weighted by molar-refractivity contribution is -0.141. The molecule has 0 aromatic carbocycles. The van der Waals surface area contributed by atoms with Crippen LogP contribution in [0.25, 0.3) is 42.3 Å². The highest BCUT2D eigenvalue weighted by Crippen LogP contribution is 2.48. The quantitative estimate of drug-likeness (QED) is 0.334. The fourth-order valence-corrected chi connectivity index (χ4v) is 8.26. The van der Waals surface area contributed by atoms with Crippen LogP contribution in [0, 0.1) is 0 Å². The minimum atomic E-state index is -4.60. The number of aromatic nitrogens is 5. The molecule has 0 aliphatic rings. The molecule has 13 heteroatoms. The monoisotopic (exact) mass is 511 g/mol. The summed E-state index contributed by atoms with van der Waals surface area (Å²) < 4.78 is 70.3. The molecule has 33 heavy (non-hydrogen) atoms. The van der Waals surface area contributed by atoms with Crippen LogP contribution in [0.5, 0.6) is 0 Å². The van der Waals surface area contributed by atoms with Gasteiger partial charge in [0.05, 0.1) is 43.5 Å². The molecular formula is C20H16F3N5O2S3. The Hall–Kier alpha value is -2.77. The van der Waals surface area contributed by atoms with Crippen molar-refractivity contribution in [3.05, 3.63) is 35.7 Å². The molecule has 5 aromatic heterocycles. The van der Waals surface area contributed by atoms with Gasteiger partial charge >= 0.3 is 6.18 Å². The minimum absolute atomic E-state index is 0.0962. The molecule has 0 saturated heterocycles. The molecule has 7 nitrogen and oxygen atoms in total. The maximum Gasteiger partial charge on any atom is 0.433 e. The average Bonchev–Trinajstić information content (AvgIpc) is 3.50. The maximum atomic E-state index is 13.1. The Labute approximate surface area is 194 Å². The summed E-state index contributed by atoms with van der Waals surface area (Å²) in [7, 11) is -0.228. The van der Waals surface area contributed by atoms with Gasteiger partial charge in [0.25, 0.3) is 0 Å². The number of pyridine rings is 1. The lowest BCUT2D eigenvalue weighted by Crippen LogP contribution is -2.07. The molecule has 0 spiro atoms. The van der Waals surface area contributed by atoms with Gasteiger partial charge in [0.15, 0.2) is 15.7 Å². The van der Waals surface area contributed by atoms with Gasteiger partial charge in [-0.05, 0) is 6.07 Å². The molecule has 172 valence electrons. The standard InChI is InChI=1S/C20H16F3N5O2S3/c1-4-33(29,30)18-16-15(11(9-31-16)10-6-25-27(2)8-10)32-17(18)19-26-12-5-14(20(21,22)23)24-7-13(12)28(19)3/h5-9H,4H2,1-3H3. The first-order chi connectivity index (χ1) is 15.5. The molecule has 0 saturated carbocycles. The lowest BCUT2D eigenvalue weighted by atomic mass is 10.2. The Morgan fingerprint density at radius 2 is 1.91 bits per heavy atom. The van der Waals surface area contributed by atoms with Gasteiger partial charge < -0.3 is 4.57 Å². The summed E-state index contributed by atoms with van der Waals surface area (Å²) in [6.45, 7) is 1.56. The first-order valence-electron chi connectivity index (χ1n) is 9.67. The van der Waals surface area contributed by atoms with Crippen LogP contribution in [0.1, 0.15) is 12.6 Å². The zero-order chi connectivity index (χ0) is 23.7. The van der Waals surface area contributed by atoms with Crippen LogP contribution in [-0.4, -0.2) is 38.5 Å². The lowest BCUT2D eigenvalue weighted by Gasteiger charge is -2.05. The zero-order valence-corrected chi connectivity index (χ0v) is 20.0. The molecular weight excluding hydrogens is 495 g/mol. The van der Waals surface area contributed by atoms with E-state index in [2.05, 4.69) is 15.1 Å². The summed E-state index contributed by atoms with van der Waals surface area (Å²) in [5.74, 6) is 0.166. The summed E-state index contributed by atoms with van der Waals surface area (Å²) in [6, 6.07) is 0.879. The van der Waals surface area contributed by atoms with Crippen LogP contribution >= 0.6 is 22.7 Å². The predicted molar refractivity (Wildman–Crippen MR) is 122 cm³/mol. The Morgan fingerprint density at radius 1 is 1.15 bits per heavy atom. The van der Waals surface area contributed by atoms with Gasteiger partial charge in [-0.25, -0.2) is 18.4 Å². The highest BCUT2D eigenvalue weighted by Gasteiger charge is 2.34. The molecule has 5 heterocycles. The van der Waals surface area contributed by atoms with Crippen LogP contribution in [0.3, 0.4) is 0 Å². The van der Waals surface area contributed by atoms with Crippen LogP contribution in [-0.2, 0) is 30.1 Å².